The molecule has 0 atom stereocenters. The number of anilines is 1. The molecule has 0 saturated carbocycles. The van der Waals surface area contributed by atoms with E-state index in [0.29, 0.717) is 16.3 Å². The molecule has 2 N–H and O–H groups in total. The lowest BCUT2D eigenvalue weighted by molar-refractivity contribution is -0.115. The Bertz CT molecular complexity index is 835. The lowest BCUT2D eigenvalue weighted by atomic mass is 10.2. The number of benzene rings is 2. The third-order valence-corrected chi connectivity index (χ3v) is 4.95. The minimum atomic E-state index is -3.74. The second-order valence-electron chi connectivity index (χ2n) is 5.15. The van der Waals surface area contributed by atoms with Crippen LogP contribution >= 0.6 is 11.6 Å². The first-order valence-electron chi connectivity index (χ1n) is 6.90. The van der Waals surface area contributed by atoms with E-state index >= 15 is 0 Å². The first-order valence-corrected chi connectivity index (χ1v) is 8.76. The quantitative estimate of drug-likeness (QED) is 0.868. The Labute approximate surface area is 140 Å². The lowest BCUT2D eigenvalue weighted by Crippen LogP contribution is -2.33. The van der Waals surface area contributed by atoms with E-state index in [4.69, 9.17) is 11.6 Å². The molecule has 2 rings (SSSR count). The van der Waals surface area contributed by atoms with Gasteiger partial charge in [0.1, 0.15) is 0 Å². The van der Waals surface area contributed by atoms with Crippen molar-refractivity contribution in [3.63, 3.8) is 0 Å². The first kappa shape index (κ1) is 17.5. The molecule has 0 bridgehead atoms. The van der Waals surface area contributed by atoms with Crippen LogP contribution in [0.5, 0.6) is 0 Å². The molecule has 5 nitrogen and oxygen atoms in total. The minimum Gasteiger partial charge on any atom is -0.325 e. The molecule has 0 fully saturated rings. The molecule has 122 valence electrons. The summed E-state index contributed by atoms with van der Waals surface area (Å²) < 4.78 is 26.8. The van der Waals surface area contributed by atoms with Crippen LogP contribution < -0.4 is 10.0 Å². The second kappa shape index (κ2) is 7.12. The van der Waals surface area contributed by atoms with Gasteiger partial charge in [-0.15, -0.1) is 0 Å². The van der Waals surface area contributed by atoms with E-state index in [1.165, 1.54) is 6.07 Å². The number of aryl methyl sites for hydroxylation is 2. The van der Waals surface area contributed by atoms with Crippen molar-refractivity contribution in [3.05, 3.63) is 58.6 Å². The van der Waals surface area contributed by atoms with Crippen LogP contribution in [0, 0.1) is 13.8 Å². The van der Waals surface area contributed by atoms with Crippen LogP contribution in [-0.2, 0) is 14.8 Å². The molecule has 0 heterocycles. The Hall–Kier alpha value is -1.89. The molecule has 0 unspecified atom stereocenters. The van der Waals surface area contributed by atoms with Crippen molar-refractivity contribution in [2.24, 2.45) is 0 Å². The average molecular weight is 353 g/mol. The van der Waals surface area contributed by atoms with Crippen molar-refractivity contribution in [2.45, 2.75) is 18.7 Å². The van der Waals surface area contributed by atoms with Gasteiger partial charge in [0.15, 0.2) is 0 Å². The van der Waals surface area contributed by atoms with Crippen LogP contribution in [0.25, 0.3) is 0 Å². The Morgan fingerprint density at radius 3 is 2.52 bits per heavy atom. The van der Waals surface area contributed by atoms with Crippen LogP contribution in [0.4, 0.5) is 5.69 Å². The summed E-state index contributed by atoms with van der Waals surface area (Å²) in [4.78, 5) is 12.0. The molecule has 0 radical (unpaired) electrons. The highest BCUT2D eigenvalue weighted by molar-refractivity contribution is 7.89. The van der Waals surface area contributed by atoms with Gasteiger partial charge in [-0.25, -0.2) is 13.1 Å². The zero-order chi connectivity index (χ0) is 17.0. The van der Waals surface area contributed by atoms with Crippen molar-refractivity contribution in [3.8, 4) is 0 Å². The van der Waals surface area contributed by atoms with E-state index in [-0.39, 0.29) is 11.4 Å². The second-order valence-corrected chi connectivity index (χ2v) is 7.32. The fraction of sp³-hybridized carbons (Fsp3) is 0.188. The third kappa shape index (κ3) is 4.79. The van der Waals surface area contributed by atoms with Crippen molar-refractivity contribution >= 4 is 33.2 Å². The Balaban J connectivity index is 2.03. The largest absolute Gasteiger partial charge is 0.325 e. The average Bonchev–Trinajstić information content (AvgIpc) is 2.45. The number of hydrogen-bond acceptors (Lipinski definition) is 3. The van der Waals surface area contributed by atoms with Crippen molar-refractivity contribution in [1.82, 2.24) is 4.72 Å². The molecule has 1 amide bonds. The maximum absolute atomic E-state index is 12.3. The van der Waals surface area contributed by atoms with E-state index in [0.717, 1.165) is 5.56 Å². The Morgan fingerprint density at radius 2 is 1.87 bits per heavy atom. The topological polar surface area (TPSA) is 75.3 Å². The third-order valence-electron chi connectivity index (χ3n) is 3.15. The molecular weight excluding hydrogens is 336 g/mol. The molecule has 0 aliphatic carbocycles. The fourth-order valence-electron chi connectivity index (χ4n) is 2.11. The van der Waals surface area contributed by atoms with E-state index in [9.17, 15) is 13.2 Å². The number of nitrogens with one attached hydrogen (secondary N) is 2. The van der Waals surface area contributed by atoms with E-state index < -0.39 is 15.9 Å². The van der Waals surface area contributed by atoms with Crippen molar-refractivity contribution in [1.29, 1.82) is 0 Å². The summed E-state index contributed by atoms with van der Waals surface area (Å²) in [5.41, 5.74) is 2.11. The maximum Gasteiger partial charge on any atom is 0.241 e. The lowest BCUT2D eigenvalue weighted by Gasteiger charge is -2.10. The predicted molar refractivity (Wildman–Crippen MR) is 91.2 cm³/mol. The number of carbonyl (C=O) groups is 1. The summed E-state index contributed by atoms with van der Waals surface area (Å²) in [6.45, 7) is 3.24. The van der Waals surface area contributed by atoms with Gasteiger partial charge in [0, 0.05) is 10.7 Å². The first-order chi connectivity index (χ1) is 10.8. The molecule has 0 aliphatic rings. The van der Waals surface area contributed by atoms with Gasteiger partial charge in [0.2, 0.25) is 15.9 Å². The van der Waals surface area contributed by atoms with E-state index in [1.54, 1.807) is 43.3 Å². The van der Waals surface area contributed by atoms with Crippen LogP contribution in [0.15, 0.2) is 47.4 Å². The van der Waals surface area contributed by atoms with Gasteiger partial charge in [-0.1, -0.05) is 35.4 Å². The molecular formula is C16H17ClN2O3S. The van der Waals surface area contributed by atoms with Crippen LogP contribution in [0.1, 0.15) is 11.1 Å². The molecule has 7 heteroatoms. The highest BCUT2D eigenvalue weighted by Crippen LogP contribution is 2.17. The number of halogens is 1. The molecule has 0 spiro atoms. The number of rotatable bonds is 5. The predicted octanol–water partition coefficient (Wildman–Crippen LogP) is 2.87. The van der Waals surface area contributed by atoms with E-state index in [2.05, 4.69) is 10.0 Å². The van der Waals surface area contributed by atoms with Crippen molar-refractivity contribution < 1.29 is 13.2 Å². The SMILES string of the molecule is Cc1ccc(S(=O)(=O)NCC(=O)Nc2cccc(Cl)c2)c(C)c1. The molecule has 2 aromatic rings. The number of sulfonamides is 1. The van der Waals surface area contributed by atoms with Gasteiger partial charge >= 0.3 is 0 Å². The summed E-state index contributed by atoms with van der Waals surface area (Å²) in [6.07, 6.45) is 0. The highest BCUT2D eigenvalue weighted by atomic mass is 35.5. The van der Waals surface area contributed by atoms with Gasteiger partial charge in [0.25, 0.3) is 0 Å². The number of hydrogen-bond donors (Lipinski definition) is 2. The van der Waals surface area contributed by atoms with Crippen LogP contribution in [0.2, 0.25) is 5.02 Å². The molecule has 0 saturated heterocycles. The van der Waals surface area contributed by atoms with E-state index in [1.807, 2.05) is 6.92 Å². The van der Waals surface area contributed by atoms with Gasteiger partial charge in [0.05, 0.1) is 11.4 Å². The monoisotopic (exact) mass is 352 g/mol. The molecule has 0 aromatic heterocycles. The van der Waals surface area contributed by atoms with Gasteiger partial charge in [-0.3, -0.25) is 4.79 Å². The number of amides is 1. The minimum absolute atomic E-state index is 0.165. The summed E-state index contributed by atoms with van der Waals surface area (Å²) in [7, 11) is -3.74. The van der Waals surface area contributed by atoms with Crippen molar-refractivity contribution in [2.75, 3.05) is 11.9 Å². The standard InChI is InChI=1S/C16H17ClN2O3S/c1-11-6-7-15(12(2)8-11)23(21,22)18-10-16(20)19-14-5-3-4-13(17)9-14/h3-9,18H,10H2,1-2H3,(H,19,20). The maximum atomic E-state index is 12.3. The summed E-state index contributed by atoms with van der Waals surface area (Å²) in [5.74, 6) is -0.472. The van der Waals surface area contributed by atoms with Crippen LogP contribution in [-0.4, -0.2) is 20.9 Å². The zero-order valence-electron chi connectivity index (χ0n) is 12.8. The Kier molecular flexibility index (Phi) is 5.41. The summed E-state index contributed by atoms with van der Waals surface area (Å²) in [5, 5.41) is 3.07. The summed E-state index contributed by atoms with van der Waals surface area (Å²) in [6, 6.07) is 11.6. The molecule has 0 aliphatic heterocycles. The van der Waals surface area contributed by atoms with Gasteiger partial charge in [-0.05, 0) is 43.7 Å². The molecule has 23 heavy (non-hydrogen) atoms. The summed E-state index contributed by atoms with van der Waals surface area (Å²) >= 11 is 5.83. The highest BCUT2D eigenvalue weighted by Gasteiger charge is 2.17. The normalized spacial score (nSPS) is 11.3. The molecule has 2 aromatic carbocycles. The number of carbonyl (C=O) groups excluding carboxylic acids is 1. The fourth-order valence-corrected chi connectivity index (χ4v) is 3.51. The van der Waals surface area contributed by atoms with Gasteiger partial charge < -0.3 is 5.32 Å². The van der Waals surface area contributed by atoms with Crippen LogP contribution in [0.3, 0.4) is 0 Å². The smallest absolute Gasteiger partial charge is 0.241 e. The zero-order valence-corrected chi connectivity index (χ0v) is 14.3. The Morgan fingerprint density at radius 1 is 1.13 bits per heavy atom. The van der Waals surface area contributed by atoms with Gasteiger partial charge in [-0.2, -0.15) is 0 Å².